The molecule has 0 saturated heterocycles. The Hall–Kier alpha value is -1.78. The van der Waals surface area contributed by atoms with E-state index in [0.717, 1.165) is 24.0 Å². The molecule has 3 rings (SSSR count). The van der Waals surface area contributed by atoms with Gasteiger partial charge >= 0.3 is 0 Å². The predicted octanol–water partition coefficient (Wildman–Crippen LogP) is 4.92. The van der Waals surface area contributed by atoms with Crippen molar-refractivity contribution in [2.75, 3.05) is 13.7 Å². The molecule has 0 bridgehead atoms. The number of hydrogen-bond acceptors (Lipinski definition) is 2. The van der Waals surface area contributed by atoms with Gasteiger partial charge in [-0.2, -0.15) is 0 Å². The number of carbonyl (C=O) groups is 1. The van der Waals surface area contributed by atoms with E-state index in [-0.39, 0.29) is 17.1 Å². The molecule has 0 spiro atoms. The molecule has 1 aliphatic carbocycles. The van der Waals surface area contributed by atoms with E-state index in [2.05, 4.69) is 5.32 Å². The zero-order valence-electron chi connectivity index (χ0n) is 14.5. The van der Waals surface area contributed by atoms with Crippen LogP contribution < -0.4 is 10.1 Å². The summed E-state index contributed by atoms with van der Waals surface area (Å²) >= 11 is 12.3. The van der Waals surface area contributed by atoms with Crippen LogP contribution in [0.1, 0.15) is 30.4 Å². The lowest BCUT2D eigenvalue weighted by atomic mass is 9.92. The van der Waals surface area contributed by atoms with Crippen LogP contribution >= 0.6 is 23.2 Å². The molecule has 0 heterocycles. The topological polar surface area (TPSA) is 38.3 Å². The highest BCUT2D eigenvalue weighted by molar-refractivity contribution is 6.35. The SMILES string of the molecule is COc1ccc(CCNC(=O)CC2(c3ccc(Cl)cc3Cl)CC2)cc1F. The van der Waals surface area contributed by atoms with Crippen molar-refractivity contribution in [3.8, 4) is 5.75 Å². The van der Waals surface area contributed by atoms with E-state index >= 15 is 0 Å². The minimum Gasteiger partial charge on any atom is -0.494 e. The Morgan fingerprint density at radius 3 is 2.62 bits per heavy atom. The fourth-order valence-electron chi connectivity index (χ4n) is 3.19. The van der Waals surface area contributed by atoms with Gasteiger partial charge in [-0.15, -0.1) is 0 Å². The van der Waals surface area contributed by atoms with E-state index in [1.54, 1.807) is 24.3 Å². The molecular weight excluding hydrogens is 376 g/mol. The molecule has 0 atom stereocenters. The first-order valence-corrected chi connectivity index (χ1v) is 9.24. The van der Waals surface area contributed by atoms with Gasteiger partial charge < -0.3 is 10.1 Å². The largest absolute Gasteiger partial charge is 0.494 e. The highest BCUT2D eigenvalue weighted by Gasteiger charge is 2.46. The van der Waals surface area contributed by atoms with Crippen molar-refractivity contribution in [1.29, 1.82) is 0 Å². The second kappa shape index (κ2) is 7.85. The number of amides is 1. The number of methoxy groups -OCH3 is 1. The molecular formula is C20H20Cl2FNO2. The molecule has 138 valence electrons. The predicted molar refractivity (Wildman–Crippen MR) is 102 cm³/mol. The van der Waals surface area contributed by atoms with Gasteiger partial charge in [-0.3, -0.25) is 4.79 Å². The Morgan fingerprint density at radius 1 is 1.23 bits per heavy atom. The van der Waals surface area contributed by atoms with Crippen LogP contribution in [0.2, 0.25) is 10.0 Å². The monoisotopic (exact) mass is 395 g/mol. The summed E-state index contributed by atoms with van der Waals surface area (Å²) < 4.78 is 18.6. The maximum absolute atomic E-state index is 13.7. The van der Waals surface area contributed by atoms with E-state index < -0.39 is 5.82 Å². The lowest BCUT2D eigenvalue weighted by Crippen LogP contribution is -2.29. The Morgan fingerprint density at radius 2 is 2.00 bits per heavy atom. The summed E-state index contributed by atoms with van der Waals surface area (Å²) in [6, 6.07) is 10.2. The third-order valence-electron chi connectivity index (χ3n) is 4.81. The fraction of sp³-hybridized carbons (Fsp3) is 0.350. The van der Waals surface area contributed by atoms with Gasteiger partial charge in [0.25, 0.3) is 0 Å². The third-order valence-corrected chi connectivity index (χ3v) is 5.35. The summed E-state index contributed by atoms with van der Waals surface area (Å²) in [5.41, 5.74) is 1.61. The number of ether oxygens (including phenoxy) is 1. The number of halogens is 3. The van der Waals surface area contributed by atoms with Gasteiger partial charge in [0.15, 0.2) is 11.6 Å². The van der Waals surface area contributed by atoms with E-state index in [4.69, 9.17) is 27.9 Å². The Bertz CT molecular complexity index is 821. The molecule has 0 unspecified atom stereocenters. The lowest BCUT2D eigenvalue weighted by molar-refractivity contribution is -0.121. The van der Waals surface area contributed by atoms with E-state index in [9.17, 15) is 9.18 Å². The zero-order valence-corrected chi connectivity index (χ0v) is 16.0. The van der Waals surface area contributed by atoms with Gasteiger partial charge in [0.1, 0.15) is 0 Å². The lowest BCUT2D eigenvalue weighted by Gasteiger charge is -2.17. The average Bonchev–Trinajstić information content (AvgIpc) is 3.35. The van der Waals surface area contributed by atoms with Crippen LogP contribution in [-0.4, -0.2) is 19.6 Å². The Kier molecular flexibility index (Phi) is 5.73. The summed E-state index contributed by atoms with van der Waals surface area (Å²) in [6.07, 6.45) is 2.82. The molecule has 0 aliphatic heterocycles. The molecule has 2 aromatic rings. The van der Waals surface area contributed by atoms with Crippen molar-refractivity contribution < 1.29 is 13.9 Å². The molecule has 2 aromatic carbocycles. The number of hydrogen-bond donors (Lipinski definition) is 1. The minimum absolute atomic E-state index is 0.0255. The van der Waals surface area contributed by atoms with Crippen molar-refractivity contribution >= 4 is 29.1 Å². The van der Waals surface area contributed by atoms with Gasteiger partial charge in [0.2, 0.25) is 5.91 Å². The molecule has 1 aliphatic rings. The van der Waals surface area contributed by atoms with Crippen LogP contribution in [0.5, 0.6) is 5.75 Å². The van der Waals surface area contributed by atoms with Crippen LogP contribution in [0.15, 0.2) is 36.4 Å². The second-order valence-corrected chi connectivity index (χ2v) is 7.49. The van der Waals surface area contributed by atoms with Crippen molar-refractivity contribution in [3.05, 3.63) is 63.4 Å². The maximum atomic E-state index is 13.7. The van der Waals surface area contributed by atoms with Crippen LogP contribution in [0.3, 0.4) is 0 Å². The molecule has 1 amide bonds. The fourth-order valence-corrected chi connectivity index (χ4v) is 3.80. The zero-order chi connectivity index (χ0) is 18.7. The number of rotatable bonds is 7. The van der Waals surface area contributed by atoms with E-state index in [1.807, 2.05) is 6.07 Å². The number of nitrogens with one attached hydrogen (secondary N) is 1. The van der Waals surface area contributed by atoms with Gasteiger partial charge in [-0.25, -0.2) is 4.39 Å². The summed E-state index contributed by atoms with van der Waals surface area (Å²) in [5, 5.41) is 4.11. The van der Waals surface area contributed by atoms with Crippen LogP contribution in [0.4, 0.5) is 4.39 Å². The highest BCUT2D eigenvalue weighted by atomic mass is 35.5. The molecule has 1 saturated carbocycles. The van der Waals surface area contributed by atoms with Crippen molar-refractivity contribution in [2.24, 2.45) is 0 Å². The Labute approximate surface area is 162 Å². The second-order valence-electron chi connectivity index (χ2n) is 6.65. The van der Waals surface area contributed by atoms with E-state index in [1.165, 1.54) is 13.2 Å². The standard InChI is InChI=1S/C20H20Cl2FNO2/c1-26-18-5-2-13(10-17(18)23)6-9-24-19(25)12-20(7-8-20)15-4-3-14(21)11-16(15)22/h2-5,10-11H,6-9,12H2,1H3,(H,24,25). The van der Waals surface area contributed by atoms with Crippen LogP contribution in [0.25, 0.3) is 0 Å². The maximum Gasteiger partial charge on any atom is 0.220 e. The number of carbonyl (C=O) groups excluding carboxylic acids is 1. The van der Waals surface area contributed by atoms with Crippen molar-refractivity contribution in [2.45, 2.75) is 31.1 Å². The molecule has 1 fully saturated rings. The first-order chi connectivity index (χ1) is 12.4. The number of benzene rings is 2. The van der Waals surface area contributed by atoms with Gasteiger partial charge in [0, 0.05) is 28.4 Å². The molecule has 1 N–H and O–H groups in total. The average molecular weight is 396 g/mol. The van der Waals surface area contributed by atoms with Crippen molar-refractivity contribution in [1.82, 2.24) is 5.32 Å². The summed E-state index contributed by atoms with van der Waals surface area (Å²) in [5.74, 6) is -0.207. The normalized spacial score (nSPS) is 14.8. The molecule has 0 radical (unpaired) electrons. The quantitative estimate of drug-likeness (QED) is 0.722. The minimum atomic E-state index is -0.398. The molecule has 0 aromatic heterocycles. The summed E-state index contributed by atoms with van der Waals surface area (Å²) in [7, 11) is 1.43. The van der Waals surface area contributed by atoms with Gasteiger partial charge in [-0.05, 0) is 54.7 Å². The summed E-state index contributed by atoms with van der Waals surface area (Å²) in [6.45, 7) is 0.453. The van der Waals surface area contributed by atoms with Gasteiger partial charge in [0.05, 0.1) is 7.11 Å². The van der Waals surface area contributed by atoms with Gasteiger partial charge in [-0.1, -0.05) is 35.3 Å². The molecule has 3 nitrogen and oxygen atoms in total. The smallest absolute Gasteiger partial charge is 0.220 e. The Balaban J connectivity index is 1.54. The van der Waals surface area contributed by atoms with Crippen LogP contribution in [0, 0.1) is 5.82 Å². The highest BCUT2D eigenvalue weighted by Crippen LogP contribution is 2.53. The van der Waals surface area contributed by atoms with E-state index in [0.29, 0.717) is 29.4 Å². The third kappa shape index (κ3) is 4.30. The summed E-state index contributed by atoms with van der Waals surface area (Å²) in [4.78, 5) is 12.3. The molecule has 6 heteroatoms. The first kappa shape index (κ1) is 19.0. The molecule has 26 heavy (non-hydrogen) atoms. The first-order valence-electron chi connectivity index (χ1n) is 8.48. The van der Waals surface area contributed by atoms with Crippen molar-refractivity contribution in [3.63, 3.8) is 0 Å². The van der Waals surface area contributed by atoms with Crippen LogP contribution in [-0.2, 0) is 16.6 Å².